The highest BCUT2D eigenvalue weighted by Gasteiger charge is 2.26. The lowest BCUT2D eigenvalue weighted by Gasteiger charge is -2.32. The van der Waals surface area contributed by atoms with Crippen molar-refractivity contribution in [3.63, 3.8) is 0 Å². The molecule has 49 heavy (non-hydrogen) atoms. The van der Waals surface area contributed by atoms with Crippen LogP contribution in [0.15, 0.2) is 24.3 Å². The summed E-state index contributed by atoms with van der Waals surface area (Å²) >= 11 is 1.19. The molecule has 0 radical (unpaired) electrons. The number of esters is 1. The second kappa shape index (κ2) is 15.8. The highest BCUT2D eigenvalue weighted by Crippen LogP contribution is 2.41. The van der Waals surface area contributed by atoms with Crippen LogP contribution in [0.5, 0.6) is 34.5 Å². The molecule has 14 nitrogen and oxygen atoms in total. The molecule has 2 aromatic heterocycles. The third kappa shape index (κ3) is 7.61. The summed E-state index contributed by atoms with van der Waals surface area (Å²) in [5, 5.41) is 7.24. The van der Waals surface area contributed by atoms with E-state index >= 15 is 0 Å². The van der Waals surface area contributed by atoms with Crippen molar-refractivity contribution in [1.29, 1.82) is 0 Å². The maximum atomic E-state index is 12.5. The molecule has 0 unspecified atom stereocenters. The van der Waals surface area contributed by atoms with E-state index < -0.39 is 5.97 Å². The van der Waals surface area contributed by atoms with E-state index in [1.165, 1.54) is 11.3 Å². The molecule has 0 amide bonds. The first kappa shape index (κ1) is 35.1. The molecule has 262 valence electrons. The normalized spacial score (nSPS) is 12.1. The minimum absolute atomic E-state index is 0.273. The molecule has 0 aliphatic carbocycles. The van der Waals surface area contributed by atoms with Crippen LogP contribution in [-0.4, -0.2) is 76.7 Å². The lowest BCUT2D eigenvalue weighted by molar-refractivity contribution is 0.0531. The van der Waals surface area contributed by atoms with Gasteiger partial charge in [0.15, 0.2) is 28.1 Å². The van der Waals surface area contributed by atoms with E-state index in [9.17, 15) is 4.79 Å². The largest absolute Gasteiger partial charge is 0.493 e. The van der Waals surface area contributed by atoms with Gasteiger partial charge in [0.05, 0.1) is 55.0 Å². The first-order chi connectivity index (χ1) is 23.8. The Morgan fingerprint density at radius 3 is 1.98 bits per heavy atom. The zero-order valence-corrected chi connectivity index (χ0v) is 29.8. The predicted octanol–water partition coefficient (Wildman–Crippen LogP) is 5.78. The first-order valence-electron chi connectivity index (χ1n) is 15.7. The van der Waals surface area contributed by atoms with Gasteiger partial charge in [0.2, 0.25) is 17.4 Å². The van der Waals surface area contributed by atoms with Gasteiger partial charge in [-0.1, -0.05) is 11.3 Å². The first-order valence-corrected chi connectivity index (χ1v) is 16.5. The van der Waals surface area contributed by atoms with Gasteiger partial charge < -0.3 is 43.4 Å². The highest BCUT2D eigenvalue weighted by molar-refractivity contribution is 7.17. The fraction of sp³-hybridized carbons (Fsp3) is 0.412. The molecular formula is C34H42N6O8S. The Morgan fingerprint density at radius 2 is 1.43 bits per heavy atom. The van der Waals surface area contributed by atoms with Gasteiger partial charge in [-0.2, -0.15) is 9.97 Å². The van der Waals surface area contributed by atoms with Crippen LogP contribution in [0.2, 0.25) is 0 Å². The summed E-state index contributed by atoms with van der Waals surface area (Å²) in [5.74, 6) is 4.64. The van der Waals surface area contributed by atoms with Crippen molar-refractivity contribution in [3.05, 3.63) is 51.5 Å². The minimum atomic E-state index is -0.416. The number of carbonyl (C=O) groups excluding carboxylic acids is 1. The molecule has 5 rings (SSSR count). The average molecular weight is 695 g/mol. The zero-order valence-electron chi connectivity index (χ0n) is 29.0. The van der Waals surface area contributed by atoms with Crippen LogP contribution >= 0.6 is 11.3 Å². The summed E-state index contributed by atoms with van der Waals surface area (Å²) in [4.78, 5) is 29.6. The molecule has 0 atom stereocenters. The van der Waals surface area contributed by atoms with E-state index in [-0.39, 0.29) is 6.61 Å². The standard InChI is InChI=1S/C34H42N6O8S/c1-9-48-32(41)29-19(2)36-34(49-29)39-33-37-30(35-17-20-13-23(42-3)27(46-7)24(14-20)43-4)22-11-10-12-40(31(22)38-33)18-21-15-25(44-5)28(47-8)26(16-21)45-6/h13-16H,9-12,17-18H2,1-8H3,(H2,35,36,37,38,39). The smallest absolute Gasteiger partial charge is 0.350 e. The van der Waals surface area contributed by atoms with Gasteiger partial charge in [0, 0.05) is 25.2 Å². The van der Waals surface area contributed by atoms with E-state index in [1.54, 1.807) is 56.5 Å². The molecule has 2 N–H and O–H groups in total. The van der Waals surface area contributed by atoms with Crippen molar-refractivity contribution in [3.8, 4) is 34.5 Å². The van der Waals surface area contributed by atoms with Crippen LogP contribution in [0.3, 0.4) is 0 Å². The summed E-state index contributed by atoms with van der Waals surface area (Å²) in [6, 6.07) is 7.67. The molecule has 1 aliphatic rings. The Labute approximate surface area is 289 Å². The fourth-order valence-electron chi connectivity index (χ4n) is 5.67. The van der Waals surface area contributed by atoms with Crippen molar-refractivity contribution in [1.82, 2.24) is 15.0 Å². The zero-order chi connectivity index (χ0) is 35.1. The second-order valence-electron chi connectivity index (χ2n) is 10.9. The lowest BCUT2D eigenvalue weighted by atomic mass is 10.0. The summed E-state index contributed by atoms with van der Waals surface area (Å²) in [6.45, 7) is 5.51. The molecule has 2 aromatic carbocycles. The summed E-state index contributed by atoms with van der Waals surface area (Å²) in [5.41, 5.74) is 3.39. The number of hydrogen-bond acceptors (Lipinski definition) is 15. The summed E-state index contributed by atoms with van der Waals surface area (Å²) in [6.07, 6.45) is 1.66. The van der Waals surface area contributed by atoms with Gasteiger partial charge in [-0.05, 0) is 62.1 Å². The molecule has 1 aliphatic heterocycles. The maximum Gasteiger partial charge on any atom is 0.350 e. The number of hydrogen-bond donors (Lipinski definition) is 2. The van der Waals surface area contributed by atoms with Crippen LogP contribution < -0.4 is 44.0 Å². The van der Waals surface area contributed by atoms with Crippen molar-refractivity contribution < 1.29 is 38.0 Å². The van der Waals surface area contributed by atoms with E-state index in [4.69, 9.17) is 43.1 Å². The monoisotopic (exact) mass is 694 g/mol. The van der Waals surface area contributed by atoms with Crippen molar-refractivity contribution >= 4 is 40.0 Å². The minimum Gasteiger partial charge on any atom is -0.493 e. The van der Waals surface area contributed by atoms with Crippen molar-refractivity contribution in [2.24, 2.45) is 0 Å². The molecular weight excluding hydrogens is 652 g/mol. The molecule has 0 bridgehead atoms. The molecule has 0 spiro atoms. The number of aryl methyl sites for hydroxylation is 1. The molecule has 15 heteroatoms. The molecule has 4 aromatic rings. The van der Waals surface area contributed by atoms with Crippen LogP contribution in [0.4, 0.5) is 22.7 Å². The number of nitrogens with zero attached hydrogens (tertiary/aromatic N) is 4. The second-order valence-corrected chi connectivity index (χ2v) is 11.9. The summed E-state index contributed by atoms with van der Waals surface area (Å²) < 4.78 is 38.6. The Kier molecular flexibility index (Phi) is 11.3. The van der Waals surface area contributed by atoms with E-state index in [0.717, 1.165) is 41.9 Å². The Bertz CT molecular complexity index is 1750. The Hall–Kier alpha value is -5.18. The van der Waals surface area contributed by atoms with Gasteiger partial charge in [0.25, 0.3) is 0 Å². The third-order valence-electron chi connectivity index (χ3n) is 7.90. The molecule has 0 saturated carbocycles. The number of ether oxygens (including phenoxy) is 7. The Balaban J connectivity index is 1.53. The maximum absolute atomic E-state index is 12.5. The molecule has 3 heterocycles. The van der Waals surface area contributed by atoms with Crippen LogP contribution in [0.25, 0.3) is 0 Å². The SMILES string of the molecule is CCOC(=O)c1sc(Nc2nc(NCc3cc(OC)c(OC)c(OC)c3)c3c(n2)N(Cc2cc(OC)c(OC)c(OC)c2)CCC3)nc1C. The molecule has 0 saturated heterocycles. The highest BCUT2D eigenvalue weighted by atomic mass is 32.1. The van der Waals surface area contributed by atoms with Crippen molar-refractivity contribution in [2.75, 3.05) is 71.3 Å². The lowest BCUT2D eigenvalue weighted by Crippen LogP contribution is -2.31. The molecule has 0 fully saturated rings. The number of methoxy groups -OCH3 is 6. The number of benzene rings is 2. The van der Waals surface area contributed by atoms with E-state index in [2.05, 4.69) is 20.5 Å². The van der Waals surface area contributed by atoms with Gasteiger partial charge in [-0.15, -0.1) is 0 Å². The van der Waals surface area contributed by atoms with E-state index in [0.29, 0.717) is 75.1 Å². The van der Waals surface area contributed by atoms with Gasteiger partial charge in [-0.25, -0.2) is 9.78 Å². The number of carbonyl (C=O) groups is 1. The quantitative estimate of drug-likeness (QED) is 0.145. The van der Waals surface area contributed by atoms with Gasteiger partial charge in [-0.3, -0.25) is 5.32 Å². The number of rotatable bonds is 15. The van der Waals surface area contributed by atoms with Crippen molar-refractivity contribution in [2.45, 2.75) is 39.8 Å². The van der Waals surface area contributed by atoms with Gasteiger partial charge in [0.1, 0.15) is 16.5 Å². The topological polar surface area (TPSA) is 148 Å². The van der Waals surface area contributed by atoms with Gasteiger partial charge >= 0.3 is 5.97 Å². The number of aromatic nitrogens is 3. The Morgan fingerprint density at radius 1 is 0.837 bits per heavy atom. The number of fused-ring (bicyclic) bond motifs is 1. The predicted molar refractivity (Wildman–Crippen MR) is 187 cm³/mol. The number of nitrogens with one attached hydrogen (secondary N) is 2. The average Bonchev–Trinajstić information content (AvgIpc) is 3.49. The van der Waals surface area contributed by atoms with Crippen LogP contribution in [-0.2, 0) is 24.2 Å². The third-order valence-corrected chi connectivity index (χ3v) is 8.95. The van der Waals surface area contributed by atoms with Crippen LogP contribution in [0, 0.1) is 6.92 Å². The number of thiazole rings is 1. The van der Waals surface area contributed by atoms with E-state index in [1.807, 2.05) is 24.3 Å². The fourth-order valence-corrected chi connectivity index (χ4v) is 6.53. The van der Waals surface area contributed by atoms with Crippen LogP contribution in [0.1, 0.15) is 45.4 Å². The summed E-state index contributed by atoms with van der Waals surface area (Å²) in [7, 11) is 9.53. The number of anilines is 4.